The molecule has 0 aliphatic rings. The fourth-order valence-electron chi connectivity index (χ4n) is 2.34. The summed E-state index contributed by atoms with van der Waals surface area (Å²) in [4.78, 5) is 0. The fraction of sp³-hybridized carbons (Fsp3) is 0.100. The molecule has 0 spiro atoms. The van der Waals surface area contributed by atoms with Gasteiger partial charge in [-0.2, -0.15) is 0 Å². The van der Waals surface area contributed by atoms with Gasteiger partial charge in [-0.15, -0.1) is 0 Å². The molecule has 0 amide bonds. The van der Waals surface area contributed by atoms with Crippen molar-refractivity contribution in [3.63, 3.8) is 0 Å². The van der Waals surface area contributed by atoms with Crippen LogP contribution in [-0.4, -0.2) is 15.0 Å². The number of benzene rings is 3. The molecule has 2 heteroatoms. The Morgan fingerprint density at radius 2 is 1.23 bits per heavy atom. The van der Waals surface area contributed by atoms with Gasteiger partial charge in [0.2, 0.25) is 0 Å². The molecule has 1 N–H and O–H groups in total. The van der Waals surface area contributed by atoms with Gasteiger partial charge in [-0.25, -0.2) is 0 Å². The number of para-hydroxylation sites is 1. The topological polar surface area (TPSA) is 12.0 Å². The van der Waals surface area contributed by atoms with Crippen LogP contribution in [0.5, 0.6) is 0 Å². The normalized spacial score (nSPS) is 11.8. The molecule has 1 nitrogen and oxygen atoms in total. The molecule has 3 aromatic rings. The van der Waals surface area contributed by atoms with E-state index in [1.54, 1.807) is 0 Å². The van der Waals surface area contributed by atoms with Gasteiger partial charge in [-0.05, 0) is 0 Å². The third-order valence-electron chi connectivity index (χ3n) is 3.48. The first-order valence-corrected chi connectivity index (χ1v) is 9.53. The molecule has 22 heavy (non-hydrogen) atoms. The monoisotopic (exact) mass is 353 g/mol. The molecule has 0 fully saturated rings. The summed E-state index contributed by atoms with van der Waals surface area (Å²) in [6.45, 7) is 0. The summed E-state index contributed by atoms with van der Waals surface area (Å²) >= 11 is 0.462. The molecule has 0 aromatic heterocycles. The van der Waals surface area contributed by atoms with Crippen LogP contribution in [-0.2, 0) is 0 Å². The van der Waals surface area contributed by atoms with Crippen LogP contribution in [0.2, 0.25) is 5.32 Å². The molecule has 110 valence electrons. The Bertz CT molecular complexity index is 668. The van der Waals surface area contributed by atoms with E-state index < -0.39 is 0 Å². The van der Waals surface area contributed by atoms with Crippen LogP contribution in [0.1, 0.15) is 11.6 Å². The summed E-state index contributed by atoms with van der Waals surface area (Å²) in [6, 6.07) is 32.3. The van der Waals surface area contributed by atoms with E-state index in [9.17, 15) is 0 Å². The summed E-state index contributed by atoms with van der Waals surface area (Å²) < 4.78 is 1.45. The Labute approximate surface area is 138 Å². The zero-order chi connectivity index (χ0) is 15.0. The Morgan fingerprint density at radius 1 is 0.682 bits per heavy atom. The first kappa shape index (κ1) is 14.9. The van der Waals surface area contributed by atoms with Gasteiger partial charge in [0.1, 0.15) is 0 Å². The zero-order valence-electron chi connectivity index (χ0n) is 12.4. The molecule has 0 saturated heterocycles. The van der Waals surface area contributed by atoms with Crippen molar-refractivity contribution < 1.29 is 0 Å². The fourth-order valence-corrected chi connectivity index (χ4v) is 4.40. The average molecular weight is 352 g/mol. The van der Waals surface area contributed by atoms with Gasteiger partial charge in [0.25, 0.3) is 0 Å². The second kappa shape index (κ2) is 7.84. The minimum atomic E-state index is 0.351. The summed E-state index contributed by atoms with van der Waals surface area (Å²) in [5.74, 6) is 0. The molecule has 0 saturated carbocycles. The van der Waals surface area contributed by atoms with Gasteiger partial charge in [-0.1, -0.05) is 0 Å². The number of rotatable bonds is 6. The van der Waals surface area contributed by atoms with E-state index in [4.69, 9.17) is 0 Å². The van der Waals surface area contributed by atoms with Crippen molar-refractivity contribution in [2.75, 3.05) is 5.32 Å². The summed E-state index contributed by atoms with van der Waals surface area (Å²) in [5.41, 5.74) is 2.53. The van der Waals surface area contributed by atoms with Gasteiger partial charge < -0.3 is 0 Å². The molecule has 0 bridgehead atoms. The average Bonchev–Trinajstić information content (AvgIpc) is 2.61. The Kier molecular flexibility index (Phi) is 5.31. The molecule has 0 aliphatic carbocycles. The molecule has 0 heterocycles. The zero-order valence-corrected chi connectivity index (χ0v) is 14.1. The standard InChI is InChI=1S/C20H19NSe/c1-4-10-17(11-5-1)20(21-18-12-6-2-7-13-18)16-22-19-14-8-3-9-15-19/h1-15,20-21H,16H2. The Morgan fingerprint density at radius 3 is 1.86 bits per heavy atom. The summed E-state index contributed by atoms with van der Waals surface area (Å²) in [5, 5.41) is 4.82. The SMILES string of the molecule is c1ccc(NC(C[Se]c2ccccc2)c2ccccc2)cc1. The maximum atomic E-state index is 3.68. The number of nitrogens with one attached hydrogen (secondary N) is 1. The third-order valence-corrected chi connectivity index (χ3v) is 5.80. The predicted molar refractivity (Wildman–Crippen MR) is 95.9 cm³/mol. The Hall–Kier alpha value is -2.02. The van der Waals surface area contributed by atoms with Crippen molar-refractivity contribution in [2.24, 2.45) is 0 Å². The third kappa shape index (κ3) is 4.24. The molecule has 1 unspecified atom stereocenters. The second-order valence-corrected chi connectivity index (χ2v) is 7.39. The maximum absolute atomic E-state index is 3.68. The van der Waals surface area contributed by atoms with Crippen LogP contribution in [0, 0.1) is 0 Å². The van der Waals surface area contributed by atoms with Crippen molar-refractivity contribution in [2.45, 2.75) is 11.4 Å². The molecule has 0 radical (unpaired) electrons. The molecular weight excluding hydrogens is 333 g/mol. The molecule has 1 atom stereocenters. The van der Waals surface area contributed by atoms with Crippen LogP contribution in [0.15, 0.2) is 91.0 Å². The van der Waals surface area contributed by atoms with E-state index in [-0.39, 0.29) is 0 Å². The van der Waals surface area contributed by atoms with Crippen LogP contribution < -0.4 is 9.78 Å². The van der Waals surface area contributed by atoms with Crippen molar-refractivity contribution >= 4 is 25.1 Å². The Balaban J connectivity index is 1.74. The number of anilines is 1. The van der Waals surface area contributed by atoms with E-state index in [2.05, 4.69) is 96.3 Å². The van der Waals surface area contributed by atoms with E-state index in [1.807, 2.05) is 0 Å². The van der Waals surface area contributed by atoms with Gasteiger partial charge in [0.05, 0.1) is 0 Å². The summed E-state index contributed by atoms with van der Waals surface area (Å²) in [7, 11) is 0. The van der Waals surface area contributed by atoms with E-state index in [0.717, 1.165) is 5.32 Å². The van der Waals surface area contributed by atoms with Crippen LogP contribution in [0.4, 0.5) is 5.69 Å². The van der Waals surface area contributed by atoms with Crippen LogP contribution in [0.3, 0.4) is 0 Å². The van der Waals surface area contributed by atoms with Crippen molar-refractivity contribution in [1.82, 2.24) is 0 Å². The van der Waals surface area contributed by atoms with Gasteiger partial charge >= 0.3 is 138 Å². The van der Waals surface area contributed by atoms with E-state index in [1.165, 1.54) is 15.7 Å². The second-order valence-electron chi connectivity index (χ2n) is 5.10. The minimum absolute atomic E-state index is 0.351. The van der Waals surface area contributed by atoms with E-state index in [0.29, 0.717) is 21.0 Å². The van der Waals surface area contributed by atoms with E-state index >= 15 is 0 Å². The first-order chi connectivity index (χ1) is 10.9. The number of hydrogen-bond donors (Lipinski definition) is 1. The quantitative estimate of drug-likeness (QED) is 0.653. The molecule has 3 rings (SSSR count). The first-order valence-electron chi connectivity index (χ1n) is 7.46. The molecule has 3 aromatic carbocycles. The number of hydrogen-bond acceptors (Lipinski definition) is 1. The van der Waals surface area contributed by atoms with Crippen molar-refractivity contribution in [3.05, 3.63) is 96.6 Å². The van der Waals surface area contributed by atoms with Gasteiger partial charge in [0.15, 0.2) is 0 Å². The van der Waals surface area contributed by atoms with Gasteiger partial charge in [-0.3, -0.25) is 0 Å². The van der Waals surface area contributed by atoms with Crippen LogP contribution >= 0.6 is 0 Å². The molecular formula is C20H19NSe. The van der Waals surface area contributed by atoms with Crippen LogP contribution in [0.25, 0.3) is 0 Å². The van der Waals surface area contributed by atoms with Gasteiger partial charge in [0, 0.05) is 0 Å². The predicted octanol–water partition coefficient (Wildman–Crippen LogP) is 4.29. The molecule has 0 aliphatic heterocycles. The summed E-state index contributed by atoms with van der Waals surface area (Å²) in [6.07, 6.45) is 0. The van der Waals surface area contributed by atoms with Crippen molar-refractivity contribution in [3.8, 4) is 0 Å². The van der Waals surface area contributed by atoms with Crippen molar-refractivity contribution in [1.29, 1.82) is 0 Å².